The average Bonchev–Trinajstić information content (AvgIpc) is 2.61. The number of halogens is 1. The number of rotatable bonds is 9. The Morgan fingerprint density at radius 1 is 1.21 bits per heavy atom. The first kappa shape index (κ1) is 22.9. The highest BCUT2D eigenvalue weighted by Crippen LogP contribution is 2.30. The van der Waals surface area contributed by atoms with Crippen molar-refractivity contribution in [1.29, 1.82) is 0 Å². The Morgan fingerprint density at radius 2 is 1.93 bits per heavy atom. The van der Waals surface area contributed by atoms with Gasteiger partial charge in [0.1, 0.15) is 18.5 Å². The molecular weight excluding hydrogens is 394 g/mol. The van der Waals surface area contributed by atoms with Crippen molar-refractivity contribution in [2.45, 2.75) is 33.3 Å². The van der Waals surface area contributed by atoms with Crippen molar-refractivity contribution in [3.05, 3.63) is 64.5 Å². The van der Waals surface area contributed by atoms with Gasteiger partial charge in [0, 0.05) is 0 Å². The van der Waals surface area contributed by atoms with Gasteiger partial charge in [-0.05, 0) is 65.3 Å². The molecule has 5 nitrogen and oxygen atoms in total. The van der Waals surface area contributed by atoms with E-state index in [4.69, 9.17) is 9.63 Å². The van der Waals surface area contributed by atoms with Gasteiger partial charge in [-0.25, -0.2) is 4.39 Å². The molecule has 0 bridgehead atoms. The molecule has 0 fully saturated rings. The SMILES string of the molecule is Cc1cc(C)c(/C=C/CO[P+](=O)CC(O)CC(=O)O)c(-c2ccc(F)c(C)c2)c1. The molecule has 154 valence electrons. The number of carboxylic acid groups (broad SMARTS) is 1. The molecule has 7 heteroatoms. The van der Waals surface area contributed by atoms with Gasteiger partial charge in [-0.2, -0.15) is 0 Å². The van der Waals surface area contributed by atoms with Crippen LogP contribution in [0, 0.1) is 26.6 Å². The standard InChI is InChI=1S/C22H24FO5P/c1-14-9-15(2)19(20(10-14)17-6-7-21(23)16(3)11-17)5-4-8-28-29(27)13-18(24)12-22(25)26/h4-7,9-11,18,24H,8,12-13H2,1-3H3/p+1/b5-4+. The van der Waals surface area contributed by atoms with Crippen LogP contribution in [-0.4, -0.2) is 35.1 Å². The average molecular weight is 419 g/mol. The Hall–Kier alpha value is -2.40. The monoisotopic (exact) mass is 419 g/mol. The molecule has 0 saturated carbocycles. The van der Waals surface area contributed by atoms with Crippen LogP contribution in [0.3, 0.4) is 0 Å². The summed E-state index contributed by atoms with van der Waals surface area (Å²) in [5.74, 6) is -1.41. The number of benzene rings is 2. The Morgan fingerprint density at radius 3 is 2.59 bits per heavy atom. The van der Waals surface area contributed by atoms with Crippen LogP contribution in [0.1, 0.15) is 28.7 Å². The zero-order valence-electron chi connectivity index (χ0n) is 16.7. The van der Waals surface area contributed by atoms with E-state index < -0.39 is 26.5 Å². The fraction of sp³-hybridized carbons (Fsp3) is 0.318. The number of aliphatic carboxylic acids is 1. The summed E-state index contributed by atoms with van der Waals surface area (Å²) in [5.41, 5.74) is 5.51. The molecule has 29 heavy (non-hydrogen) atoms. The van der Waals surface area contributed by atoms with Gasteiger partial charge in [0.05, 0.1) is 6.42 Å². The molecule has 2 atom stereocenters. The largest absolute Gasteiger partial charge is 0.511 e. The van der Waals surface area contributed by atoms with Gasteiger partial charge in [-0.1, -0.05) is 35.9 Å². The molecule has 2 unspecified atom stereocenters. The summed E-state index contributed by atoms with van der Waals surface area (Å²) in [6.45, 7) is 5.76. The Bertz CT molecular complexity index is 939. The molecule has 0 aliphatic heterocycles. The van der Waals surface area contributed by atoms with Gasteiger partial charge in [-0.15, -0.1) is 4.52 Å². The molecule has 0 saturated heterocycles. The van der Waals surface area contributed by atoms with Crippen molar-refractivity contribution in [1.82, 2.24) is 0 Å². The topological polar surface area (TPSA) is 83.8 Å². The summed E-state index contributed by atoms with van der Waals surface area (Å²) in [4.78, 5) is 10.5. The highest BCUT2D eigenvalue weighted by atomic mass is 31.1. The maximum atomic E-state index is 13.6. The molecule has 0 aliphatic rings. The smallest absolute Gasteiger partial charge is 0.481 e. The summed E-state index contributed by atoms with van der Waals surface area (Å²) >= 11 is 0. The summed E-state index contributed by atoms with van der Waals surface area (Å²) in [5, 5.41) is 18.1. The normalized spacial score (nSPS) is 12.9. The summed E-state index contributed by atoms with van der Waals surface area (Å²) in [6.07, 6.45) is 1.68. The van der Waals surface area contributed by atoms with Crippen LogP contribution in [0.25, 0.3) is 17.2 Å². The van der Waals surface area contributed by atoms with Crippen LogP contribution >= 0.6 is 8.03 Å². The van der Waals surface area contributed by atoms with Crippen molar-refractivity contribution in [3.8, 4) is 11.1 Å². The number of aryl methyl sites for hydroxylation is 3. The van der Waals surface area contributed by atoms with E-state index in [0.29, 0.717) is 5.56 Å². The third-order valence-corrected chi connectivity index (χ3v) is 5.53. The Kier molecular flexibility index (Phi) is 8.21. The lowest BCUT2D eigenvalue weighted by atomic mass is 9.92. The zero-order chi connectivity index (χ0) is 21.6. The lowest BCUT2D eigenvalue weighted by molar-refractivity contribution is -0.138. The van der Waals surface area contributed by atoms with Crippen molar-refractivity contribution in [2.75, 3.05) is 12.8 Å². The number of carboxylic acids is 1. The molecule has 0 amide bonds. The summed E-state index contributed by atoms with van der Waals surface area (Å²) < 4.78 is 30.6. The number of hydrogen-bond donors (Lipinski definition) is 2. The molecular formula is C22H25FO5P+. The number of aliphatic hydroxyl groups is 1. The zero-order valence-corrected chi connectivity index (χ0v) is 17.6. The quantitative estimate of drug-likeness (QED) is 0.557. The van der Waals surface area contributed by atoms with E-state index in [0.717, 1.165) is 27.8 Å². The van der Waals surface area contributed by atoms with Crippen molar-refractivity contribution in [2.24, 2.45) is 0 Å². The molecule has 2 N–H and O–H groups in total. The summed E-state index contributed by atoms with van der Waals surface area (Å²) in [7, 11) is -2.16. The fourth-order valence-corrected chi connectivity index (χ4v) is 3.87. The van der Waals surface area contributed by atoms with E-state index in [1.165, 1.54) is 6.07 Å². The van der Waals surface area contributed by atoms with E-state index in [9.17, 15) is 18.9 Å². The second kappa shape index (κ2) is 10.4. The lowest BCUT2D eigenvalue weighted by Crippen LogP contribution is -2.15. The molecule has 0 radical (unpaired) electrons. The van der Waals surface area contributed by atoms with Crippen LogP contribution in [-0.2, 0) is 13.9 Å². The molecule has 0 heterocycles. The first-order chi connectivity index (χ1) is 13.7. The predicted molar refractivity (Wildman–Crippen MR) is 112 cm³/mol. The maximum absolute atomic E-state index is 13.6. The van der Waals surface area contributed by atoms with Gasteiger partial charge in [-0.3, -0.25) is 4.79 Å². The molecule has 0 aliphatic carbocycles. The Labute approximate surface area is 170 Å². The van der Waals surface area contributed by atoms with Crippen LogP contribution in [0.15, 0.2) is 36.4 Å². The molecule has 0 aromatic heterocycles. The van der Waals surface area contributed by atoms with Crippen molar-refractivity contribution >= 4 is 20.1 Å². The predicted octanol–water partition coefficient (Wildman–Crippen LogP) is 5.03. The number of aliphatic hydroxyl groups excluding tert-OH is 1. The van der Waals surface area contributed by atoms with Crippen molar-refractivity contribution < 1.29 is 28.5 Å². The van der Waals surface area contributed by atoms with Gasteiger partial charge in [0.25, 0.3) is 0 Å². The maximum Gasteiger partial charge on any atom is 0.511 e. The highest BCUT2D eigenvalue weighted by Gasteiger charge is 2.24. The van der Waals surface area contributed by atoms with Crippen molar-refractivity contribution in [3.63, 3.8) is 0 Å². The van der Waals surface area contributed by atoms with E-state index in [-0.39, 0.29) is 18.6 Å². The fourth-order valence-electron chi connectivity index (χ4n) is 3.03. The third kappa shape index (κ3) is 6.86. The van der Waals surface area contributed by atoms with Gasteiger partial charge in [0.15, 0.2) is 0 Å². The van der Waals surface area contributed by atoms with E-state index >= 15 is 0 Å². The number of carbonyl (C=O) groups is 1. The van der Waals surface area contributed by atoms with Crippen LogP contribution in [0.4, 0.5) is 4.39 Å². The second-order valence-corrected chi connectivity index (χ2v) is 8.26. The second-order valence-electron chi connectivity index (χ2n) is 6.97. The Balaban J connectivity index is 2.13. The molecule has 2 rings (SSSR count). The van der Waals surface area contributed by atoms with E-state index in [1.807, 2.05) is 32.1 Å². The van der Waals surface area contributed by atoms with E-state index in [1.54, 1.807) is 25.1 Å². The molecule has 0 spiro atoms. The van der Waals surface area contributed by atoms with E-state index in [2.05, 4.69) is 0 Å². The first-order valence-corrected chi connectivity index (χ1v) is 10.6. The molecule has 2 aromatic rings. The van der Waals surface area contributed by atoms with Gasteiger partial charge in [0.2, 0.25) is 6.16 Å². The first-order valence-electron chi connectivity index (χ1n) is 9.19. The highest BCUT2D eigenvalue weighted by molar-refractivity contribution is 7.39. The van der Waals surface area contributed by atoms with Gasteiger partial charge < -0.3 is 10.2 Å². The van der Waals surface area contributed by atoms with Crippen LogP contribution < -0.4 is 0 Å². The van der Waals surface area contributed by atoms with Crippen LogP contribution in [0.2, 0.25) is 0 Å². The molecule has 2 aromatic carbocycles. The van der Waals surface area contributed by atoms with Gasteiger partial charge >= 0.3 is 14.0 Å². The minimum absolute atomic E-state index is 0.0597. The van der Waals surface area contributed by atoms with Crippen LogP contribution in [0.5, 0.6) is 0 Å². The summed E-state index contributed by atoms with van der Waals surface area (Å²) in [6, 6.07) is 9.07. The third-order valence-electron chi connectivity index (χ3n) is 4.37. The minimum Gasteiger partial charge on any atom is -0.481 e. The number of hydrogen-bond acceptors (Lipinski definition) is 4. The minimum atomic E-state index is -2.16. The lowest BCUT2D eigenvalue weighted by Gasteiger charge is -2.12.